The highest BCUT2D eigenvalue weighted by atomic mass is 35.5. The molecule has 0 aliphatic carbocycles. The lowest BCUT2D eigenvalue weighted by Crippen LogP contribution is -2.25. The summed E-state index contributed by atoms with van der Waals surface area (Å²) in [5.41, 5.74) is 1.24. The Bertz CT molecular complexity index is 533. The Morgan fingerprint density at radius 1 is 1.59 bits per heavy atom. The first-order valence-corrected chi connectivity index (χ1v) is 5.62. The van der Waals surface area contributed by atoms with Gasteiger partial charge in [0.25, 0.3) is 5.91 Å². The largest absolute Gasteiger partial charge is 0.345 e. The minimum Gasteiger partial charge on any atom is -0.345 e. The van der Waals surface area contributed by atoms with E-state index in [1.165, 1.54) is 10.6 Å². The number of H-pyrrole nitrogens is 1. The molecule has 0 aliphatic rings. The molecule has 0 bridgehead atoms. The monoisotopic (exact) mass is 272 g/mol. The Labute approximate surface area is 108 Å². The number of carbonyl (C=O) groups is 1. The molecule has 2 aromatic heterocycles. The van der Waals surface area contributed by atoms with Crippen molar-refractivity contribution in [1.82, 2.24) is 20.1 Å². The van der Waals surface area contributed by atoms with Crippen molar-refractivity contribution in [3.63, 3.8) is 0 Å². The molecule has 90 valence electrons. The molecule has 0 saturated heterocycles. The zero-order valence-corrected chi connectivity index (χ0v) is 10.5. The zero-order chi connectivity index (χ0) is 12.4. The van der Waals surface area contributed by atoms with Crippen LogP contribution in [-0.2, 0) is 13.6 Å². The predicted molar refractivity (Wildman–Crippen MR) is 65.2 cm³/mol. The van der Waals surface area contributed by atoms with Gasteiger partial charge in [0.2, 0.25) is 0 Å². The summed E-state index contributed by atoms with van der Waals surface area (Å²) in [6.45, 7) is 0.374. The topological polar surface area (TPSA) is 62.7 Å². The van der Waals surface area contributed by atoms with Gasteiger partial charge in [-0.15, -0.1) is 0 Å². The number of amides is 1. The van der Waals surface area contributed by atoms with Crippen LogP contribution in [0, 0.1) is 0 Å². The number of halogens is 2. The van der Waals surface area contributed by atoms with Gasteiger partial charge in [-0.3, -0.25) is 9.89 Å². The summed E-state index contributed by atoms with van der Waals surface area (Å²) in [5.74, 6) is -0.240. The van der Waals surface area contributed by atoms with Gasteiger partial charge < -0.3 is 9.88 Å². The number of hydrogen-bond acceptors (Lipinski definition) is 2. The predicted octanol–water partition coefficient (Wildman–Crippen LogP) is 1.98. The van der Waals surface area contributed by atoms with E-state index in [0.717, 1.165) is 5.69 Å². The molecule has 0 atom stereocenters. The maximum absolute atomic E-state index is 11.8. The first-order valence-electron chi connectivity index (χ1n) is 4.86. The van der Waals surface area contributed by atoms with Gasteiger partial charge in [0.15, 0.2) is 0 Å². The van der Waals surface area contributed by atoms with Gasteiger partial charge >= 0.3 is 0 Å². The van der Waals surface area contributed by atoms with E-state index in [2.05, 4.69) is 15.5 Å². The van der Waals surface area contributed by atoms with Crippen molar-refractivity contribution in [2.75, 3.05) is 0 Å². The Morgan fingerprint density at radius 2 is 2.35 bits per heavy atom. The van der Waals surface area contributed by atoms with E-state index in [0.29, 0.717) is 22.4 Å². The Kier molecular flexibility index (Phi) is 3.40. The first-order chi connectivity index (χ1) is 8.09. The van der Waals surface area contributed by atoms with Gasteiger partial charge in [0, 0.05) is 13.2 Å². The standard InChI is InChI=1S/C10H10Cl2N4O/c1-16-8(4-7(11)9(16)12)10(17)13-5-6-2-3-14-15-6/h2-4H,5H2,1H3,(H,13,17)(H,14,15). The molecule has 5 nitrogen and oxygen atoms in total. The summed E-state index contributed by atoms with van der Waals surface area (Å²) in [6, 6.07) is 3.32. The van der Waals surface area contributed by atoms with E-state index in [9.17, 15) is 4.79 Å². The Morgan fingerprint density at radius 3 is 2.88 bits per heavy atom. The highest BCUT2D eigenvalue weighted by Gasteiger charge is 2.15. The zero-order valence-electron chi connectivity index (χ0n) is 9.00. The van der Waals surface area contributed by atoms with Crippen LogP contribution < -0.4 is 5.32 Å². The quantitative estimate of drug-likeness (QED) is 0.898. The van der Waals surface area contributed by atoms with E-state index >= 15 is 0 Å². The molecule has 0 saturated carbocycles. The molecule has 0 unspecified atom stereocenters. The molecule has 1 amide bonds. The molecule has 2 heterocycles. The number of hydrogen-bond donors (Lipinski definition) is 2. The second-order valence-corrected chi connectivity index (χ2v) is 4.26. The lowest BCUT2D eigenvalue weighted by molar-refractivity contribution is 0.0942. The fourth-order valence-corrected chi connectivity index (χ4v) is 1.79. The molecule has 17 heavy (non-hydrogen) atoms. The van der Waals surface area contributed by atoms with Crippen molar-refractivity contribution in [3.05, 3.63) is 39.9 Å². The number of nitrogens with zero attached hydrogens (tertiary/aromatic N) is 2. The van der Waals surface area contributed by atoms with E-state index in [-0.39, 0.29) is 5.91 Å². The summed E-state index contributed by atoms with van der Waals surface area (Å²) in [6.07, 6.45) is 1.62. The third kappa shape index (κ3) is 2.45. The smallest absolute Gasteiger partial charge is 0.268 e. The lowest BCUT2D eigenvalue weighted by Gasteiger charge is -2.05. The number of rotatable bonds is 3. The molecular weight excluding hydrogens is 263 g/mol. The molecule has 2 aromatic rings. The van der Waals surface area contributed by atoms with Crippen LogP contribution in [0.25, 0.3) is 0 Å². The van der Waals surface area contributed by atoms with Crippen LogP contribution >= 0.6 is 23.2 Å². The summed E-state index contributed by atoms with van der Waals surface area (Å²) in [7, 11) is 1.68. The molecule has 2 N–H and O–H groups in total. The van der Waals surface area contributed by atoms with E-state index in [1.807, 2.05) is 0 Å². The van der Waals surface area contributed by atoms with E-state index in [4.69, 9.17) is 23.2 Å². The second kappa shape index (κ2) is 4.81. The fraction of sp³-hybridized carbons (Fsp3) is 0.200. The van der Waals surface area contributed by atoms with Crippen molar-refractivity contribution in [1.29, 1.82) is 0 Å². The number of carbonyl (C=O) groups excluding carboxylic acids is 1. The average molecular weight is 273 g/mol. The van der Waals surface area contributed by atoms with Gasteiger partial charge in [-0.25, -0.2) is 0 Å². The number of aromatic nitrogens is 3. The number of aromatic amines is 1. The molecule has 2 rings (SSSR count). The van der Waals surface area contributed by atoms with E-state index < -0.39 is 0 Å². The Balaban J connectivity index is 2.07. The SMILES string of the molecule is Cn1c(C(=O)NCc2ccn[nH]2)cc(Cl)c1Cl. The third-order valence-electron chi connectivity index (χ3n) is 2.35. The maximum Gasteiger partial charge on any atom is 0.268 e. The van der Waals surface area contributed by atoms with Gasteiger partial charge in [0.1, 0.15) is 10.8 Å². The van der Waals surface area contributed by atoms with Crippen LogP contribution in [0.1, 0.15) is 16.2 Å². The van der Waals surface area contributed by atoms with Gasteiger partial charge in [-0.05, 0) is 12.1 Å². The minimum absolute atomic E-state index is 0.240. The van der Waals surface area contributed by atoms with Crippen LogP contribution in [-0.4, -0.2) is 20.7 Å². The normalized spacial score (nSPS) is 10.5. The van der Waals surface area contributed by atoms with E-state index in [1.54, 1.807) is 19.3 Å². The second-order valence-electron chi connectivity index (χ2n) is 3.49. The third-order valence-corrected chi connectivity index (χ3v) is 3.19. The van der Waals surface area contributed by atoms with Crippen molar-refractivity contribution in [2.24, 2.45) is 7.05 Å². The van der Waals surface area contributed by atoms with Gasteiger partial charge in [-0.2, -0.15) is 5.10 Å². The fourth-order valence-electron chi connectivity index (χ4n) is 1.41. The van der Waals surface area contributed by atoms with Crippen molar-refractivity contribution in [2.45, 2.75) is 6.54 Å². The van der Waals surface area contributed by atoms with Crippen molar-refractivity contribution < 1.29 is 4.79 Å². The molecule has 0 fully saturated rings. The summed E-state index contributed by atoms with van der Waals surface area (Å²) < 4.78 is 1.53. The summed E-state index contributed by atoms with van der Waals surface area (Å²) in [5, 5.41) is 9.98. The van der Waals surface area contributed by atoms with Crippen LogP contribution in [0.15, 0.2) is 18.3 Å². The van der Waals surface area contributed by atoms with Crippen molar-refractivity contribution in [3.8, 4) is 0 Å². The first kappa shape index (κ1) is 12.0. The Hall–Kier alpha value is -1.46. The minimum atomic E-state index is -0.240. The van der Waals surface area contributed by atoms with Gasteiger partial charge in [-0.1, -0.05) is 23.2 Å². The average Bonchev–Trinajstić information content (AvgIpc) is 2.91. The highest BCUT2D eigenvalue weighted by molar-refractivity contribution is 6.41. The van der Waals surface area contributed by atoms with Crippen LogP contribution in [0.5, 0.6) is 0 Å². The molecular formula is C10H10Cl2N4O. The molecule has 0 aromatic carbocycles. The highest BCUT2D eigenvalue weighted by Crippen LogP contribution is 2.24. The molecule has 7 heteroatoms. The summed E-state index contributed by atoms with van der Waals surface area (Å²) in [4.78, 5) is 11.8. The van der Waals surface area contributed by atoms with Crippen molar-refractivity contribution >= 4 is 29.1 Å². The van der Waals surface area contributed by atoms with Crippen LogP contribution in [0.4, 0.5) is 0 Å². The lowest BCUT2D eigenvalue weighted by atomic mass is 10.3. The number of nitrogens with one attached hydrogen (secondary N) is 2. The molecule has 0 radical (unpaired) electrons. The summed E-state index contributed by atoms with van der Waals surface area (Å²) >= 11 is 11.7. The maximum atomic E-state index is 11.8. The van der Waals surface area contributed by atoms with Crippen LogP contribution in [0.2, 0.25) is 10.2 Å². The van der Waals surface area contributed by atoms with Gasteiger partial charge in [0.05, 0.1) is 17.3 Å². The molecule has 0 aliphatic heterocycles. The molecule has 0 spiro atoms. The van der Waals surface area contributed by atoms with Crippen LogP contribution in [0.3, 0.4) is 0 Å².